The van der Waals surface area contributed by atoms with Gasteiger partial charge in [0, 0.05) is 31.9 Å². The highest BCUT2D eigenvalue weighted by Gasteiger charge is 2.20. The monoisotopic (exact) mass is 287 g/mol. The summed E-state index contributed by atoms with van der Waals surface area (Å²) in [5.74, 6) is -0.224. The summed E-state index contributed by atoms with van der Waals surface area (Å²) in [7, 11) is 2.17. The van der Waals surface area contributed by atoms with Crippen molar-refractivity contribution in [2.24, 2.45) is 5.73 Å². The van der Waals surface area contributed by atoms with Crippen LogP contribution >= 0.6 is 0 Å². The average Bonchev–Trinajstić information content (AvgIpc) is 2.47. The molecule has 0 spiro atoms. The molecule has 3 rings (SSSR count). The fraction of sp³-hybridized carbons (Fsp3) is 0.588. The second kappa shape index (κ2) is 6.06. The molecule has 0 aromatic heterocycles. The van der Waals surface area contributed by atoms with Crippen molar-refractivity contribution in [2.45, 2.75) is 32.1 Å². The summed E-state index contributed by atoms with van der Waals surface area (Å²) in [6.07, 6.45) is 5.11. The molecular weight excluding hydrogens is 262 g/mol. The van der Waals surface area contributed by atoms with E-state index in [0.29, 0.717) is 6.42 Å². The van der Waals surface area contributed by atoms with E-state index in [4.69, 9.17) is 5.73 Å². The molecule has 1 aromatic rings. The Morgan fingerprint density at radius 2 is 1.86 bits per heavy atom. The van der Waals surface area contributed by atoms with E-state index in [0.717, 1.165) is 44.6 Å². The number of hydrogen-bond donors (Lipinski definition) is 1. The number of nitrogens with two attached hydrogens (primary N) is 1. The largest absolute Gasteiger partial charge is 0.369 e. The highest BCUT2D eigenvalue weighted by Crippen LogP contribution is 2.30. The summed E-state index contributed by atoms with van der Waals surface area (Å²) in [5, 5.41) is 0. The molecular formula is C17H25N3O. The van der Waals surface area contributed by atoms with Gasteiger partial charge in [0.15, 0.2) is 0 Å². The Hall–Kier alpha value is -1.55. The van der Waals surface area contributed by atoms with Crippen LogP contribution < -0.4 is 10.6 Å². The Balaban J connectivity index is 1.91. The highest BCUT2D eigenvalue weighted by molar-refractivity contribution is 5.78. The minimum atomic E-state index is -0.224. The highest BCUT2D eigenvalue weighted by atomic mass is 16.1. The topological polar surface area (TPSA) is 49.6 Å². The lowest BCUT2D eigenvalue weighted by molar-refractivity contribution is -0.117. The SMILES string of the molecule is CN1CCN(c2cc3c(c(CC(N)=O)c2)CCCC3)CC1. The Bertz CT molecular complexity index is 533. The third kappa shape index (κ3) is 3.21. The lowest BCUT2D eigenvalue weighted by Gasteiger charge is -2.35. The van der Waals surface area contributed by atoms with Gasteiger partial charge in [0.05, 0.1) is 6.42 Å². The second-order valence-corrected chi connectivity index (χ2v) is 6.38. The Morgan fingerprint density at radius 1 is 1.14 bits per heavy atom. The van der Waals surface area contributed by atoms with Crippen molar-refractivity contribution in [1.29, 1.82) is 0 Å². The number of likely N-dealkylation sites (N-methyl/N-ethyl adjacent to an activating group) is 1. The number of hydrogen-bond acceptors (Lipinski definition) is 3. The minimum absolute atomic E-state index is 0.224. The molecule has 1 saturated heterocycles. The zero-order valence-corrected chi connectivity index (χ0v) is 12.9. The number of carbonyl (C=O) groups excluding carboxylic acids is 1. The van der Waals surface area contributed by atoms with Gasteiger partial charge in [0.1, 0.15) is 0 Å². The standard InChI is InChI=1S/C17H25N3O/c1-19-6-8-20(9-7-19)15-10-13-4-2-3-5-16(13)14(11-15)12-17(18)21/h10-11H,2-9,12H2,1H3,(H2,18,21). The molecule has 1 amide bonds. The first-order valence-electron chi connectivity index (χ1n) is 8.00. The summed E-state index contributed by atoms with van der Waals surface area (Å²) in [4.78, 5) is 16.2. The van der Waals surface area contributed by atoms with Crippen LogP contribution in [0.4, 0.5) is 5.69 Å². The van der Waals surface area contributed by atoms with Crippen molar-refractivity contribution >= 4 is 11.6 Å². The lowest BCUT2D eigenvalue weighted by atomic mass is 9.86. The number of carbonyl (C=O) groups is 1. The first-order chi connectivity index (χ1) is 10.1. The third-order valence-corrected chi connectivity index (χ3v) is 4.78. The van der Waals surface area contributed by atoms with Gasteiger partial charge in [-0.05, 0) is 61.6 Å². The molecule has 0 bridgehead atoms. The van der Waals surface area contributed by atoms with Crippen LogP contribution in [0, 0.1) is 0 Å². The van der Waals surface area contributed by atoms with E-state index >= 15 is 0 Å². The van der Waals surface area contributed by atoms with E-state index in [2.05, 4.69) is 29.0 Å². The van der Waals surface area contributed by atoms with Gasteiger partial charge in [-0.25, -0.2) is 0 Å². The van der Waals surface area contributed by atoms with E-state index < -0.39 is 0 Å². The average molecular weight is 287 g/mol. The molecule has 1 aliphatic carbocycles. The van der Waals surface area contributed by atoms with E-state index in [1.165, 1.54) is 29.7 Å². The molecule has 0 atom stereocenters. The van der Waals surface area contributed by atoms with Gasteiger partial charge in [-0.3, -0.25) is 4.79 Å². The molecule has 1 fully saturated rings. The van der Waals surface area contributed by atoms with Crippen molar-refractivity contribution in [3.05, 3.63) is 28.8 Å². The fourth-order valence-corrected chi connectivity index (χ4v) is 3.53. The lowest BCUT2D eigenvalue weighted by Crippen LogP contribution is -2.44. The molecule has 4 heteroatoms. The van der Waals surface area contributed by atoms with Crippen molar-refractivity contribution in [1.82, 2.24) is 4.90 Å². The first kappa shape index (κ1) is 14.4. The van der Waals surface area contributed by atoms with Gasteiger partial charge >= 0.3 is 0 Å². The summed E-state index contributed by atoms with van der Waals surface area (Å²) in [6, 6.07) is 4.56. The molecule has 0 radical (unpaired) electrons. The van der Waals surface area contributed by atoms with Gasteiger partial charge in [-0.15, -0.1) is 0 Å². The number of rotatable bonds is 3. The van der Waals surface area contributed by atoms with E-state index in [1.807, 2.05) is 0 Å². The van der Waals surface area contributed by atoms with Gasteiger partial charge in [-0.2, -0.15) is 0 Å². The maximum atomic E-state index is 11.4. The number of anilines is 1. The summed E-state index contributed by atoms with van der Waals surface area (Å²) >= 11 is 0. The number of aryl methyl sites for hydroxylation is 1. The minimum Gasteiger partial charge on any atom is -0.369 e. The van der Waals surface area contributed by atoms with Crippen LogP contribution in [0.3, 0.4) is 0 Å². The molecule has 0 saturated carbocycles. The van der Waals surface area contributed by atoms with Crippen LogP contribution in [-0.4, -0.2) is 44.0 Å². The van der Waals surface area contributed by atoms with Gasteiger partial charge in [0.2, 0.25) is 5.91 Å². The van der Waals surface area contributed by atoms with Crippen LogP contribution in [0.2, 0.25) is 0 Å². The number of piperazine rings is 1. The summed E-state index contributed by atoms with van der Waals surface area (Å²) in [5.41, 5.74) is 10.7. The predicted molar refractivity (Wildman–Crippen MR) is 85.7 cm³/mol. The quantitative estimate of drug-likeness (QED) is 0.913. The smallest absolute Gasteiger partial charge is 0.221 e. The van der Waals surface area contributed by atoms with Crippen LogP contribution in [0.1, 0.15) is 29.5 Å². The predicted octanol–water partition coefficient (Wildman–Crippen LogP) is 1.34. The van der Waals surface area contributed by atoms with Gasteiger partial charge < -0.3 is 15.5 Å². The molecule has 4 nitrogen and oxygen atoms in total. The normalized spacial score (nSPS) is 19.4. The number of nitrogens with zero attached hydrogens (tertiary/aromatic N) is 2. The van der Waals surface area contributed by atoms with Crippen LogP contribution in [0.15, 0.2) is 12.1 Å². The van der Waals surface area contributed by atoms with Gasteiger partial charge in [-0.1, -0.05) is 0 Å². The molecule has 0 unspecified atom stereocenters. The van der Waals surface area contributed by atoms with Crippen LogP contribution in [0.5, 0.6) is 0 Å². The van der Waals surface area contributed by atoms with Crippen molar-refractivity contribution in [3.8, 4) is 0 Å². The van der Waals surface area contributed by atoms with Crippen LogP contribution in [-0.2, 0) is 24.1 Å². The third-order valence-electron chi connectivity index (χ3n) is 4.78. The van der Waals surface area contributed by atoms with Crippen molar-refractivity contribution < 1.29 is 4.79 Å². The van der Waals surface area contributed by atoms with Crippen LogP contribution in [0.25, 0.3) is 0 Å². The molecule has 2 N–H and O–H groups in total. The number of primary amides is 1. The number of fused-ring (bicyclic) bond motifs is 1. The fourth-order valence-electron chi connectivity index (χ4n) is 3.53. The molecule has 21 heavy (non-hydrogen) atoms. The zero-order chi connectivity index (χ0) is 14.8. The van der Waals surface area contributed by atoms with Crippen molar-refractivity contribution in [2.75, 3.05) is 38.1 Å². The maximum absolute atomic E-state index is 11.4. The second-order valence-electron chi connectivity index (χ2n) is 6.38. The number of amides is 1. The van der Waals surface area contributed by atoms with Gasteiger partial charge in [0.25, 0.3) is 0 Å². The Morgan fingerprint density at radius 3 is 2.57 bits per heavy atom. The Labute approximate surface area is 126 Å². The molecule has 1 aliphatic heterocycles. The van der Waals surface area contributed by atoms with E-state index in [9.17, 15) is 4.79 Å². The summed E-state index contributed by atoms with van der Waals surface area (Å²) < 4.78 is 0. The molecule has 1 heterocycles. The maximum Gasteiger partial charge on any atom is 0.221 e. The molecule has 2 aliphatic rings. The molecule has 114 valence electrons. The van der Waals surface area contributed by atoms with E-state index in [1.54, 1.807) is 0 Å². The summed E-state index contributed by atoms with van der Waals surface area (Å²) in [6.45, 7) is 4.32. The first-order valence-corrected chi connectivity index (χ1v) is 8.00. The molecule has 1 aromatic carbocycles. The number of benzene rings is 1. The van der Waals surface area contributed by atoms with Crippen molar-refractivity contribution in [3.63, 3.8) is 0 Å². The zero-order valence-electron chi connectivity index (χ0n) is 12.9. The van der Waals surface area contributed by atoms with E-state index in [-0.39, 0.29) is 5.91 Å². The Kier molecular flexibility index (Phi) is 4.15.